The van der Waals surface area contributed by atoms with Crippen molar-refractivity contribution in [2.24, 2.45) is 5.92 Å². The van der Waals surface area contributed by atoms with Crippen molar-refractivity contribution in [2.75, 3.05) is 45.7 Å². The average Bonchev–Trinajstić information content (AvgIpc) is 2.75. The second-order valence-electron chi connectivity index (χ2n) is 6.81. The lowest BCUT2D eigenvalue weighted by molar-refractivity contribution is -0.384. The van der Waals surface area contributed by atoms with Crippen LogP contribution in [0.2, 0.25) is 0 Å². The number of piperidine rings is 1. The second kappa shape index (κ2) is 11.2. The molecule has 0 aromatic heterocycles. The van der Waals surface area contributed by atoms with E-state index in [0.717, 1.165) is 38.9 Å². The summed E-state index contributed by atoms with van der Waals surface area (Å²) < 4.78 is 9.31. The number of ether oxygens (including phenoxy) is 2. The largest absolute Gasteiger partial charge is 0.469 e. The molecule has 9 heteroatoms. The van der Waals surface area contributed by atoms with E-state index in [9.17, 15) is 19.7 Å². The number of nitro groups is 1. The number of methoxy groups -OCH3 is 2. The number of hydrogen-bond donors (Lipinski definition) is 1. The zero-order chi connectivity index (χ0) is 21.2. The SMILES string of the molecule is COC(=O)/C=C/c1ccc(NCCCN2CCC(C(=O)OC)CC2)c([N+](=O)[O-])c1. The fourth-order valence-electron chi connectivity index (χ4n) is 3.27. The molecule has 29 heavy (non-hydrogen) atoms. The van der Waals surface area contributed by atoms with Crippen LogP contribution in [0, 0.1) is 16.0 Å². The van der Waals surface area contributed by atoms with Crippen molar-refractivity contribution >= 4 is 29.4 Å². The minimum atomic E-state index is -0.523. The minimum absolute atomic E-state index is 0.0104. The summed E-state index contributed by atoms with van der Waals surface area (Å²) in [6.07, 6.45) is 5.11. The summed E-state index contributed by atoms with van der Waals surface area (Å²) in [5.74, 6) is -0.669. The van der Waals surface area contributed by atoms with Crippen LogP contribution in [0.1, 0.15) is 24.8 Å². The highest BCUT2D eigenvalue weighted by atomic mass is 16.6. The molecule has 1 aliphatic rings. The van der Waals surface area contributed by atoms with Gasteiger partial charge in [0.1, 0.15) is 5.69 Å². The van der Waals surface area contributed by atoms with E-state index in [1.807, 2.05) is 0 Å². The van der Waals surface area contributed by atoms with Crippen LogP contribution >= 0.6 is 0 Å². The van der Waals surface area contributed by atoms with Gasteiger partial charge in [0.2, 0.25) is 0 Å². The van der Waals surface area contributed by atoms with Crippen molar-refractivity contribution in [3.8, 4) is 0 Å². The number of nitrogens with zero attached hydrogens (tertiary/aromatic N) is 2. The van der Waals surface area contributed by atoms with E-state index in [1.165, 1.54) is 32.4 Å². The van der Waals surface area contributed by atoms with E-state index >= 15 is 0 Å². The van der Waals surface area contributed by atoms with Crippen molar-refractivity contribution in [1.82, 2.24) is 4.90 Å². The standard InChI is InChI=1S/C20H27N3O6/c1-28-19(24)7-5-15-4-6-17(18(14-15)23(26)27)21-10-3-11-22-12-8-16(9-13-22)20(25)29-2/h4-7,14,16,21H,3,8-13H2,1-2H3/b7-5+. The van der Waals surface area contributed by atoms with Crippen LogP contribution in [-0.2, 0) is 19.1 Å². The number of anilines is 1. The lowest BCUT2D eigenvalue weighted by Crippen LogP contribution is -2.37. The molecule has 2 rings (SSSR count). The highest BCUT2D eigenvalue weighted by molar-refractivity contribution is 5.87. The van der Waals surface area contributed by atoms with E-state index in [4.69, 9.17) is 4.74 Å². The molecule has 0 saturated carbocycles. The smallest absolute Gasteiger partial charge is 0.330 e. The third-order valence-electron chi connectivity index (χ3n) is 4.92. The lowest BCUT2D eigenvalue weighted by Gasteiger charge is -2.30. The molecule has 1 aromatic rings. The molecular weight excluding hydrogens is 378 g/mol. The van der Waals surface area contributed by atoms with E-state index in [0.29, 0.717) is 17.8 Å². The van der Waals surface area contributed by atoms with Gasteiger partial charge in [-0.3, -0.25) is 14.9 Å². The second-order valence-corrected chi connectivity index (χ2v) is 6.81. The van der Waals surface area contributed by atoms with Gasteiger partial charge in [0.05, 0.1) is 25.1 Å². The molecule has 1 N–H and O–H groups in total. The number of carbonyl (C=O) groups excluding carboxylic acids is 2. The van der Waals surface area contributed by atoms with Gasteiger partial charge in [-0.2, -0.15) is 0 Å². The Labute approximate surface area is 169 Å². The number of likely N-dealkylation sites (tertiary alicyclic amines) is 1. The van der Waals surface area contributed by atoms with Crippen molar-refractivity contribution in [1.29, 1.82) is 0 Å². The Kier molecular flexibility index (Phi) is 8.60. The fourth-order valence-corrected chi connectivity index (χ4v) is 3.27. The Morgan fingerprint density at radius 3 is 2.62 bits per heavy atom. The van der Waals surface area contributed by atoms with Gasteiger partial charge in [-0.05, 0) is 56.6 Å². The first-order valence-electron chi connectivity index (χ1n) is 9.53. The fraction of sp³-hybridized carbons (Fsp3) is 0.500. The molecule has 0 unspecified atom stereocenters. The van der Waals surface area contributed by atoms with Crippen LogP contribution < -0.4 is 5.32 Å². The molecule has 158 valence electrons. The molecule has 1 heterocycles. The van der Waals surface area contributed by atoms with Crippen LogP contribution in [0.5, 0.6) is 0 Å². The Bertz CT molecular complexity index is 757. The monoisotopic (exact) mass is 405 g/mol. The molecule has 1 fully saturated rings. The number of nitrogens with one attached hydrogen (secondary N) is 1. The van der Waals surface area contributed by atoms with Crippen LogP contribution in [0.15, 0.2) is 24.3 Å². The highest BCUT2D eigenvalue weighted by Gasteiger charge is 2.25. The molecule has 0 spiro atoms. The zero-order valence-electron chi connectivity index (χ0n) is 16.8. The zero-order valence-corrected chi connectivity index (χ0v) is 16.8. The summed E-state index contributed by atoms with van der Waals surface area (Å²) in [6.45, 7) is 3.14. The predicted octanol–water partition coefficient (Wildman–Crippen LogP) is 2.47. The first-order chi connectivity index (χ1) is 13.9. The van der Waals surface area contributed by atoms with Crippen LogP contribution in [0.4, 0.5) is 11.4 Å². The molecule has 0 bridgehead atoms. The molecule has 9 nitrogen and oxygen atoms in total. The van der Waals surface area contributed by atoms with E-state index < -0.39 is 10.9 Å². The minimum Gasteiger partial charge on any atom is -0.469 e. The average molecular weight is 405 g/mol. The highest BCUT2D eigenvalue weighted by Crippen LogP contribution is 2.26. The summed E-state index contributed by atoms with van der Waals surface area (Å²) in [6, 6.07) is 4.75. The van der Waals surface area contributed by atoms with Crippen LogP contribution in [0.25, 0.3) is 6.08 Å². The summed E-state index contributed by atoms with van der Waals surface area (Å²) in [5, 5.41) is 14.5. The van der Waals surface area contributed by atoms with Crippen molar-refractivity contribution < 1.29 is 24.0 Å². The predicted molar refractivity (Wildman–Crippen MR) is 108 cm³/mol. The van der Waals surface area contributed by atoms with Gasteiger partial charge >= 0.3 is 11.9 Å². The number of nitro benzene ring substituents is 1. The van der Waals surface area contributed by atoms with Crippen molar-refractivity contribution in [3.63, 3.8) is 0 Å². The molecule has 1 saturated heterocycles. The first-order valence-corrected chi connectivity index (χ1v) is 9.53. The van der Waals surface area contributed by atoms with Gasteiger partial charge in [0.25, 0.3) is 5.69 Å². The molecule has 0 aliphatic carbocycles. The van der Waals surface area contributed by atoms with E-state index in [1.54, 1.807) is 12.1 Å². The maximum Gasteiger partial charge on any atom is 0.330 e. The third kappa shape index (κ3) is 6.86. The Morgan fingerprint density at radius 1 is 1.28 bits per heavy atom. The van der Waals surface area contributed by atoms with Gasteiger partial charge in [-0.15, -0.1) is 0 Å². The molecule has 1 aromatic carbocycles. The quantitative estimate of drug-likeness (QED) is 0.219. The summed E-state index contributed by atoms with van der Waals surface area (Å²) in [5.41, 5.74) is 0.937. The van der Waals surface area contributed by atoms with Crippen LogP contribution in [0.3, 0.4) is 0 Å². The van der Waals surface area contributed by atoms with Gasteiger partial charge in [-0.1, -0.05) is 6.07 Å². The first kappa shape index (κ1) is 22.4. The molecule has 0 atom stereocenters. The molecule has 1 aliphatic heterocycles. The maximum atomic E-state index is 11.6. The van der Waals surface area contributed by atoms with Crippen LogP contribution in [-0.4, -0.2) is 62.2 Å². The number of benzene rings is 1. The van der Waals surface area contributed by atoms with Crippen molar-refractivity contribution in [2.45, 2.75) is 19.3 Å². The van der Waals surface area contributed by atoms with Gasteiger partial charge in [-0.25, -0.2) is 4.79 Å². The van der Waals surface area contributed by atoms with Gasteiger partial charge in [0, 0.05) is 18.7 Å². The Balaban J connectivity index is 1.83. The third-order valence-corrected chi connectivity index (χ3v) is 4.92. The molecule has 0 radical (unpaired) electrons. The molecule has 0 amide bonds. The van der Waals surface area contributed by atoms with E-state index in [2.05, 4.69) is 15.0 Å². The summed E-state index contributed by atoms with van der Waals surface area (Å²) in [4.78, 5) is 35.9. The van der Waals surface area contributed by atoms with E-state index in [-0.39, 0.29) is 17.6 Å². The number of hydrogen-bond acceptors (Lipinski definition) is 8. The Hall–Kier alpha value is -2.94. The maximum absolute atomic E-state index is 11.6. The number of esters is 2. The van der Waals surface area contributed by atoms with Gasteiger partial charge in [0.15, 0.2) is 0 Å². The number of carbonyl (C=O) groups is 2. The molecular formula is C20H27N3O6. The Morgan fingerprint density at radius 2 is 2.00 bits per heavy atom. The van der Waals surface area contributed by atoms with Gasteiger partial charge < -0.3 is 19.7 Å². The number of rotatable bonds is 9. The topological polar surface area (TPSA) is 111 Å². The summed E-state index contributed by atoms with van der Waals surface area (Å²) in [7, 11) is 2.69. The lowest BCUT2D eigenvalue weighted by atomic mass is 9.97. The normalized spacial score (nSPS) is 15.2. The van der Waals surface area contributed by atoms with Crippen molar-refractivity contribution in [3.05, 3.63) is 40.0 Å². The summed E-state index contributed by atoms with van der Waals surface area (Å²) >= 11 is 0.